The van der Waals surface area contributed by atoms with Crippen LogP contribution < -0.4 is 0 Å². The van der Waals surface area contributed by atoms with Crippen LogP contribution in [0.3, 0.4) is 0 Å². The number of fused-ring (bicyclic) bond motifs is 2. The fraction of sp³-hybridized carbons (Fsp3) is 0.261. The molecule has 146 valence electrons. The van der Waals surface area contributed by atoms with Gasteiger partial charge in [-0.15, -0.1) is 11.3 Å². The SMILES string of the molecule is O=C(O)C1CCCCN1C(c1ccc2cnccc2c1)c1nc2ccccc2s1. The molecule has 0 aliphatic carbocycles. The predicted octanol–water partition coefficient (Wildman–Crippen LogP) is 4.87. The zero-order valence-electron chi connectivity index (χ0n) is 15.9. The first-order valence-electron chi connectivity index (χ1n) is 9.88. The molecular weight excluding hydrogens is 382 g/mol. The first kappa shape index (κ1) is 18.2. The first-order chi connectivity index (χ1) is 14.2. The van der Waals surface area contributed by atoms with Gasteiger partial charge in [-0.25, -0.2) is 4.98 Å². The highest BCUT2D eigenvalue weighted by Gasteiger charge is 2.36. The summed E-state index contributed by atoms with van der Waals surface area (Å²) in [5.41, 5.74) is 2.04. The Bertz CT molecular complexity index is 1160. The van der Waals surface area contributed by atoms with Crippen molar-refractivity contribution >= 4 is 38.3 Å². The van der Waals surface area contributed by atoms with Gasteiger partial charge in [-0.1, -0.05) is 30.7 Å². The molecule has 2 aromatic heterocycles. The molecule has 5 nitrogen and oxygen atoms in total. The number of carboxylic acid groups (broad SMARTS) is 1. The molecule has 4 aromatic rings. The molecule has 0 spiro atoms. The number of para-hydroxylation sites is 1. The van der Waals surface area contributed by atoms with Gasteiger partial charge in [-0.3, -0.25) is 14.7 Å². The summed E-state index contributed by atoms with van der Waals surface area (Å²) in [6.45, 7) is 0.756. The number of rotatable bonds is 4. The van der Waals surface area contributed by atoms with Crippen LogP contribution in [0.15, 0.2) is 60.9 Å². The molecule has 1 fully saturated rings. The number of piperidine rings is 1. The lowest BCUT2D eigenvalue weighted by molar-refractivity contribution is -0.145. The maximum Gasteiger partial charge on any atom is 0.320 e. The number of aliphatic carboxylic acids is 1. The first-order valence-corrected chi connectivity index (χ1v) is 10.7. The van der Waals surface area contributed by atoms with E-state index in [0.717, 1.165) is 50.9 Å². The van der Waals surface area contributed by atoms with Crippen molar-refractivity contribution in [2.75, 3.05) is 6.54 Å². The second-order valence-corrected chi connectivity index (χ2v) is 8.55. The topological polar surface area (TPSA) is 66.3 Å². The van der Waals surface area contributed by atoms with E-state index in [2.05, 4.69) is 34.1 Å². The molecule has 2 atom stereocenters. The van der Waals surface area contributed by atoms with Crippen LogP contribution in [0.4, 0.5) is 0 Å². The Morgan fingerprint density at radius 1 is 1.14 bits per heavy atom. The van der Waals surface area contributed by atoms with E-state index in [4.69, 9.17) is 4.98 Å². The molecule has 1 aliphatic rings. The van der Waals surface area contributed by atoms with E-state index in [1.807, 2.05) is 30.5 Å². The van der Waals surface area contributed by atoms with Crippen molar-refractivity contribution in [3.8, 4) is 0 Å². The van der Waals surface area contributed by atoms with Gasteiger partial charge in [0.1, 0.15) is 11.0 Å². The maximum atomic E-state index is 12.0. The highest BCUT2D eigenvalue weighted by Crippen LogP contribution is 2.38. The summed E-state index contributed by atoms with van der Waals surface area (Å²) in [4.78, 5) is 23.3. The number of hydrogen-bond acceptors (Lipinski definition) is 5. The largest absolute Gasteiger partial charge is 0.480 e. The number of pyridine rings is 1. The minimum atomic E-state index is -0.749. The van der Waals surface area contributed by atoms with Crippen molar-refractivity contribution in [2.24, 2.45) is 0 Å². The van der Waals surface area contributed by atoms with Crippen LogP contribution >= 0.6 is 11.3 Å². The number of thiazole rings is 1. The van der Waals surface area contributed by atoms with Gasteiger partial charge in [0.05, 0.1) is 16.3 Å². The predicted molar refractivity (Wildman–Crippen MR) is 115 cm³/mol. The highest BCUT2D eigenvalue weighted by atomic mass is 32.1. The third-order valence-electron chi connectivity index (χ3n) is 5.69. The van der Waals surface area contributed by atoms with Crippen LogP contribution in [0.25, 0.3) is 21.0 Å². The highest BCUT2D eigenvalue weighted by molar-refractivity contribution is 7.18. The molecule has 0 radical (unpaired) electrons. The molecule has 6 heteroatoms. The van der Waals surface area contributed by atoms with Gasteiger partial charge < -0.3 is 5.11 Å². The Balaban J connectivity index is 1.67. The standard InChI is InChI=1S/C23H21N3O2S/c27-23(28)19-6-3-4-12-26(19)21(22-25-18-5-1-2-7-20(18)29-22)16-8-9-17-14-24-11-10-15(17)13-16/h1-2,5,7-11,13-14,19,21H,3-4,6,12H2,(H,27,28). The van der Waals surface area contributed by atoms with Gasteiger partial charge in [0.2, 0.25) is 0 Å². The number of likely N-dealkylation sites (tertiary alicyclic amines) is 1. The van der Waals surface area contributed by atoms with E-state index in [1.165, 1.54) is 0 Å². The van der Waals surface area contributed by atoms with Gasteiger partial charge in [-0.2, -0.15) is 0 Å². The Labute approximate surface area is 172 Å². The molecule has 2 aromatic carbocycles. The van der Waals surface area contributed by atoms with Crippen molar-refractivity contribution in [1.82, 2.24) is 14.9 Å². The number of carboxylic acids is 1. The van der Waals surface area contributed by atoms with Gasteiger partial charge in [0.25, 0.3) is 0 Å². The van der Waals surface area contributed by atoms with E-state index >= 15 is 0 Å². The number of benzene rings is 2. The van der Waals surface area contributed by atoms with Crippen molar-refractivity contribution in [3.63, 3.8) is 0 Å². The van der Waals surface area contributed by atoms with Crippen molar-refractivity contribution in [1.29, 1.82) is 0 Å². The summed E-state index contributed by atoms with van der Waals surface area (Å²) in [5, 5.41) is 13.0. The summed E-state index contributed by atoms with van der Waals surface area (Å²) in [6, 6.07) is 15.7. The minimum Gasteiger partial charge on any atom is -0.480 e. The van der Waals surface area contributed by atoms with E-state index in [1.54, 1.807) is 17.5 Å². The summed E-state index contributed by atoms with van der Waals surface area (Å²) in [6.07, 6.45) is 6.27. The van der Waals surface area contributed by atoms with E-state index in [-0.39, 0.29) is 6.04 Å². The molecule has 1 saturated heterocycles. The molecule has 1 aliphatic heterocycles. The Morgan fingerprint density at radius 3 is 2.90 bits per heavy atom. The maximum absolute atomic E-state index is 12.0. The van der Waals surface area contributed by atoms with Crippen LogP contribution in [-0.2, 0) is 4.79 Å². The molecule has 29 heavy (non-hydrogen) atoms. The molecule has 0 bridgehead atoms. The quantitative estimate of drug-likeness (QED) is 0.526. The summed E-state index contributed by atoms with van der Waals surface area (Å²) < 4.78 is 1.13. The molecule has 0 saturated carbocycles. The van der Waals surface area contributed by atoms with E-state index in [9.17, 15) is 9.90 Å². The lowest BCUT2D eigenvalue weighted by Gasteiger charge is -2.38. The minimum absolute atomic E-state index is 0.175. The van der Waals surface area contributed by atoms with Crippen LogP contribution in [0, 0.1) is 0 Å². The van der Waals surface area contributed by atoms with Crippen LogP contribution in [0.2, 0.25) is 0 Å². The van der Waals surface area contributed by atoms with Crippen LogP contribution in [0.1, 0.15) is 35.9 Å². The number of nitrogens with zero attached hydrogens (tertiary/aromatic N) is 3. The average molecular weight is 404 g/mol. The van der Waals surface area contributed by atoms with Gasteiger partial charge in [-0.05, 0) is 48.1 Å². The second-order valence-electron chi connectivity index (χ2n) is 7.49. The smallest absolute Gasteiger partial charge is 0.320 e. The fourth-order valence-electron chi connectivity index (χ4n) is 4.28. The lowest BCUT2D eigenvalue weighted by Crippen LogP contribution is -2.46. The number of hydrogen-bond donors (Lipinski definition) is 1. The Morgan fingerprint density at radius 2 is 2.03 bits per heavy atom. The average Bonchev–Trinajstić information content (AvgIpc) is 3.17. The van der Waals surface area contributed by atoms with E-state index < -0.39 is 12.0 Å². The Hall–Kier alpha value is -2.83. The zero-order valence-corrected chi connectivity index (χ0v) is 16.7. The lowest BCUT2D eigenvalue weighted by atomic mass is 9.95. The molecule has 2 unspecified atom stereocenters. The monoisotopic (exact) mass is 403 g/mol. The van der Waals surface area contributed by atoms with Crippen molar-refractivity contribution in [3.05, 3.63) is 71.5 Å². The zero-order chi connectivity index (χ0) is 19.8. The van der Waals surface area contributed by atoms with Crippen molar-refractivity contribution in [2.45, 2.75) is 31.3 Å². The van der Waals surface area contributed by atoms with Gasteiger partial charge >= 0.3 is 5.97 Å². The van der Waals surface area contributed by atoms with Gasteiger partial charge in [0, 0.05) is 24.3 Å². The molecule has 5 rings (SSSR count). The summed E-state index contributed by atoms with van der Waals surface area (Å²) in [7, 11) is 0. The molecule has 3 heterocycles. The molecule has 0 amide bonds. The molecular formula is C23H21N3O2S. The van der Waals surface area contributed by atoms with Crippen molar-refractivity contribution < 1.29 is 9.90 Å². The third-order valence-corrected chi connectivity index (χ3v) is 6.77. The normalized spacial score (nSPS) is 18.8. The summed E-state index contributed by atoms with van der Waals surface area (Å²) in [5.74, 6) is -0.749. The van der Waals surface area contributed by atoms with Crippen LogP contribution in [0.5, 0.6) is 0 Å². The number of carbonyl (C=O) groups is 1. The third kappa shape index (κ3) is 3.39. The number of aromatic nitrogens is 2. The van der Waals surface area contributed by atoms with Gasteiger partial charge in [0.15, 0.2) is 0 Å². The van der Waals surface area contributed by atoms with E-state index in [0.29, 0.717) is 6.42 Å². The second kappa shape index (κ2) is 7.54. The molecule has 1 N–H and O–H groups in total. The Kier molecular flexibility index (Phi) is 4.73. The van der Waals surface area contributed by atoms with Crippen LogP contribution in [-0.4, -0.2) is 38.5 Å². The summed E-state index contributed by atoms with van der Waals surface area (Å²) >= 11 is 1.65. The fourth-order valence-corrected chi connectivity index (χ4v) is 5.40.